The number of nitrogens with two attached hydrogens (primary N) is 1. The topological polar surface area (TPSA) is 93.8 Å². The molecule has 0 fully saturated rings. The minimum Gasteiger partial charge on any atom is -0.422 e. The Morgan fingerprint density at radius 2 is 1.77 bits per heavy atom. The normalized spacial score (nSPS) is 10.8. The number of nitrogens with one attached hydrogen (secondary N) is 1. The second-order valence-electron chi connectivity index (χ2n) is 5.30. The molecular weight excluding hydrogens is 354 g/mol. The van der Waals surface area contributed by atoms with Gasteiger partial charge >= 0.3 is 12.0 Å². The number of hydrogen-bond donors (Lipinski definition) is 2. The van der Waals surface area contributed by atoms with E-state index in [1.54, 1.807) is 30.3 Å². The summed E-state index contributed by atoms with van der Waals surface area (Å²) in [6, 6.07) is 16.8. The van der Waals surface area contributed by atoms with Gasteiger partial charge in [-0.25, -0.2) is 15.0 Å². The van der Waals surface area contributed by atoms with Crippen molar-refractivity contribution in [3.63, 3.8) is 0 Å². The number of halogens is 1. The highest BCUT2D eigenvalue weighted by atomic mass is 35.5. The zero-order chi connectivity index (χ0) is 18.5. The van der Waals surface area contributed by atoms with E-state index < -0.39 is 12.0 Å². The quantitative estimate of drug-likeness (QED) is 0.318. The van der Waals surface area contributed by atoms with Crippen molar-refractivity contribution in [2.45, 2.75) is 0 Å². The second kappa shape index (κ2) is 7.67. The molecule has 6 nitrogen and oxygen atoms in total. The number of benzene rings is 3. The molecule has 0 spiro atoms. The van der Waals surface area contributed by atoms with Crippen molar-refractivity contribution in [1.29, 1.82) is 0 Å². The lowest BCUT2D eigenvalue weighted by atomic mass is 10.0. The van der Waals surface area contributed by atoms with Crippen LogP contribution < -0.4 is 15.9 Å². The van der Waals surface area contributed by atoms with Crippen molar-refractivity contribution in [2.75, 3.05) is 0 Å². The average molecular weight is 368 g/mol. The molecular formula is C19H14ClN3O3. The molecule has 0 saturated carbocycles. The standard InChI is InChI=1S/C19H14ClN3O3/c20-16-8-4-3-7-14(16)18(24)26-17-10-9-12-5-1-2-6-13(12)15(17)11-22-23-19(21)25/h1-11H,(H3,21,23,25). The molecule has 0 saturated heterocycles. The number of primary amides is 1. The smallest absolute Gasteiger partial charge is 0.345 e. The summed E-state index contributed by atoms with van der Waals surface area (Å²) in [7, 11) is 0. The fraction of sp³-hybridized carbons (Fsp3) is 0. The molecule has 26 heavy (non-hydrogen) atoms. The fourth-order valence-corrected chi connectivity index (χ4v) is 2.65. The Balaban J connectivity index is 2.02. The molecule has 3 aromatic carbocycles. The zero-order valence-corrected chi connectivity index (χ0v) is 14.2. The molecule has 3 rings (SSSR count). The largest absolute Gasteiger partial charge is 0.422 e. The van der Waals surface area contributed by atoms with E-state index in [-0.39, 0.29) is 11.3 Å². The summed E-state index contributed by atoms with van der Waals surface area (Å²) in [4.78, 5) is 23.3. The van der Waals surface area contributed by atoms with E-state index in [0.717, 1.165) is 10.8 Å². The van der Waals surface area contributed by atoms with Gasteiger partial charge in [0.05, 0.1) is 16.8 Å². The number of carbonyl (C=O) groups is 2. The maximum atomic E-state index is 12.5. The van der Waals surface area contributed by atoms with Gasteiger partial charge in [0, 0.05) is 5.56 Å². The Hall–Kier alpha value is -3.38. The molecule has 0 radical (unpaired) electrons. The van der Waals surface area contributed by atoms with E-state index in [1.807, 2.05) is 30.3 Å². The number of urea groups is 1. The second-order valence-corrected chi connectivity index (χ2v) is 5.71. The Kier molecular flexibility index (Phi) is 5.15. The van der Waals surface area contributed by atoms with Gasteiger partial charge in [0.15, 0.2) is 0 Å². The van der Waals surface area contributed by atoms with Gasteiger partial charge in [-0.2, -0.15) is 5.10 Å². The highest BCUT2D eigenvalue weighted by Crippen LogP contribution is 2.28. The molecule has 0 bridgehead atoms. The Bertz CT molecular complexity index is 1020. The lowest BCUT2D eigenvalue weighted by Gasteiger charge is -2.11. The van der Waals surface area contributed by atoms with Gasteiger partial charge in [-0.05, 0) is 29.0 Å². The van der Waals surface area contributed by atoms with Gasteiger partial charge in [0.25, 0.3) is 0 Å². The molecule has 0 aliphatic rings. The first kappa shape index (κ1) is 17.4. The molecule has 130 valence electrons. The predicted molar refractivity (Wildman–Crippen MR) is 101 cm³/mol. The molecule has 0 heterocycles. The van der Waals surface area contributed by atoms with Crippen LogP contribution in [0, 0.1) is 0 Å². The van der Waals surface area contributed by atoms with Crippen molar-refractivity contribution in [3.05, 3.63) is 76.8 Å². The van der Waals surface area contributed by atoms with Crippen molar-refractivity contribution in [1.82, 2.24) is 5.43 Å². The summed E-state index contributed by atoms with van der Waals surface area (Å²) in [6.07, 6.45) is 1.38. The lowest BCUT2D eigenvalue weighted by Crippen LogP contribution is -2.24. The highest BCUT2D eigenvalue weighted by molar-refractivity contribution is 6.33. The number of amides is 2. The van der Waals surface area contributed by atoms with Crippen LogP contribution >= 0.6 is 11.6 Å². The van der Waals surface area contributed by atoms with E-state index in [4.69, 9.17) is 22.1 Å². The van der Waals surface area contributed by atoms with Crippen LogP contribution in [-0.2, 0) is 0 Å². The number of hydrogen-bond acceptors (Lipinski definition) is 4. The molecule has 3 N–H and O–H groups in total. The zero-order valence-electron chi connectivity index (χ0n) is 13.5. The third-order valence-electron chi connectivity index (χ3n) is 3.60. The molecule has 2 amide bonds. The molecule has 0 aliphatic heterocycles. The van der Waals surface area contributed by atoms with Crippen LogP contribution in [0.15, 0.2) is 65.8 Å². The molecule has 0 unspecified atom stereocenters. The number of fused-ring (bicyclic) bond motifs is 1. The van der Waals surface area contributed by atoms with Crippen molar-refractivity contribution < 1.29 is 14.3 Å². The fourth-order valence-electron chi connectivity index (χ4n) is 2.44. The Morgan fingerprint density at radius 1 is 1.04 bits per heavy atom. The van der Waals surface area contributed by atoms with Crippen LogP contribution in [0.4, 0.5) is 4.79 Å². The van der Waals surface area contributed by atoms with E-state index in [1.165, 1.54) is 6.21 Å². The summed E-state index contributed by atoms with van der Waals surface area (Å²) < 4.78 is 5.52. The number of hydrazone groups is 1. The third kappa shape index (κ3) is 3.81. The first-order valence-corrected chi connectivity index (χ1v) is 8.01. The van der Waals surface area contributed by atoms with Gasteiger partial charge in [-0.15, -0.1) is 0 Å². The average Bonchev–Trinajstić information content (AvgIpc) is 2.63. The lowest BCUT2D eigenvalue weighted by molar-refractivity contribution is 0.0735. The van der Waals surface area contributed by atoms with Gasteiger partial charge in [0.2, 0.25) is 0 Å². The molecule has 0 atom stereocenters. The monoisotopic (exact) mass is 367 g/mol. The number of rotatable bonds is 4. The summed E-state index contributed by atoms with van der Waals surface area (Å²) >= 11 is 6.05. The minimum absolute atomic E-state index is 0.250. The van der Waals surface area contributed by atoms with Crippen LogP contribution in [0.2, 0.25) is 5.02 Å². The van der Waals surface area contributed by atoms with E-state index in [0.29, 0.717) is 10.6 Å². The van der Waals surface area contributed by atoms with Gasteiger partial charge in [-0.3, -0.25) is 0 Å². The van der Waals surface area contributed by atoms with E-state index in [9.17, 15) is 9.59 Å². The van der Waals surface area contributed by atoms with Crippen LogP contribution in [-0.4, -0.2) is 18.2 Å². The van der Waals surface area contributed by atoms with Gasteiger partial charge < -0.3 is 10.5 Å². The number of ether oxygens (including phenoxy) is 1. The maximum Gasteiger partial charge on any atom is 0.345 e. The maximum absolute atomic E-state index is 12.5. The van der Waals surface area contributed by atoms with E-state index in [2.05, 4.69) is 10.5 Å². The van der Waals surface area contributed by atoms with Crippen molar-refractivity contribution in [3.8, 4) is 5.75 Å². The van der Waals surface area contributed by atoms with Crippen LogP contribution in [0.3, 0.4) is 0 Å². The minimum atomic E-state index is -0.795. The first-order chi connectivity index (χ1) is 12.6. The predicted octanol–water partition coefficient (Wildman–Crippen LogP) is 3.71. The van der Waals surface area contributed by atoms with E-state index >= 15 is 0 Å². The first-order valence-electron chi connectivity index (χ1n) is 7.63. The Morgan fingerprint density at radius 3 is 2.54 bits per heavy atom. The Labute approximate surface area is 154 Å². The van der Waals surface area contributed by atoms with Crippen molar-refractivity contribution >= 4 is 40.6 Å². The van der Waals surface area contributed by atoms with Crippen LogP contribution in [0.1, 0.15) is 15.9 Å². The van der Waals surface area contributed by atoms with Crippen LogP contribution in [0.5, 0.6) is 5.75 Å². The highest BCUT2D eigenvalue weighted by Gasteiger charge is 2.15. The number of nitrogens with zero attached hydrogens (tertiary/aromatic N) is 1. The summed E-state index contributed by atoms with van der Waals surface area (Å²) in [5.41, 5.74) is 7.92. The number of esters is 1. The summed E-state index contributed by atoms with van der Waals surface area (Å²) in [6.45, 7) is 0. The molecule has 0 aliphatic carbocycles. The van der Waals surface area contributed by atoms with Gasteiger partial charge in [-0.1, -0.05) is 54.1 Å². The summed E-state index contributed by atoms with van der Waals surface area (Å²) in [5.74, 6) is -0.313. The molecule has 0 aromatic heterocycles. The molecule has 7 heteroatoms. The SMILES string of the molecule is NC(=O)NN=Cc1c(OC(=O)c2ccccc2Cl)ccc2ccccc12. The number of carbonyl (C=O) groups excluding carboxylic acids is 2. The third-order valence-corrected chi connectivity index (χ3v) is 3.93. The van der Waals surface area contributed by atoms with Crippen LogP contribution in [0.25, 0.3) is 10.8 Å². The molecule has 3 aromatic rings. The van der Waals surface area contributed by atoms with Crippen molar-refractivity contribution in [2.24, 2.45) is 10.8 Å². The summed E-state index contributed by atoms with van der Waals surface area (Å²) in [5, 5.41) is 5.80. The van der Waals surface area contributed by atoms with Gasteiger partial charge in [0.1, 0.15) is 5.75 Å².